The molecule has 10 nitrogen and oxygen atoms in total. The van der Waals surface area contributed by atoms with E-state index in [1.54, 1.807) is 26.4 Å². The van der Waals surface area contributed by atoms with Crippen molar-refractivity contribution in [3.63, 3.8) is 0 Å². The minimum atomic E-state index is -3.97. The molecule has 0 aliphatic heterocycles. The topological polar surface area (TPSA) is 123 Å². The molecule has 2 amide bonds. The summed E-state index contributed by atoms with van der Waals surface area (Å²) in [6, 6.07) is 33.6. The standard InChI is InChI=1S/C39H38FN3O7S/c1-48-33-16-8-29(9-17-33)25-41-39(45)37(24-28-6-4-3-5-7-28)43(26-30-10-18-34(49-2)19-11-30)38(44)27-50-35-20-22-36(23-21-35)51(46,47)42-32-14-12-31(40)13-15-32/h3-23,37,42H,24-27H2,1-2H3,(H,41,45). The molecule has 0 radical (unpaired) electrons. The number of hydrogen-bond donors (Lipinski definition) is 2. The normalized spacial score (nSPS) is 11.6. The van der Waals surface area contributed by atoms with Gasteiger partial charge in [-0.2, -0.15) is 0 Å². The van der Waals surface area contributed by atoms with Gasteiger partial charge in [-0.25, -0.2) is 12.8 Å². The molecule has 0 fully saturated rings. The van der Waals surface area contributed by atoms with E-state index in [1.165, 1.54) is 41.3 Å². The van der Waals surface area contributed by atoms with Gasteiger partial charge in [-0.15, -0.1) is 0 Å². The van der Waals surface area contributed by atoms with Gasteiger partial charge in [0, 0.05) is 25.2 Å². The molecular formula is C39H38FN3O7S. The second-order valence-corrected chi connectivity index (χ2v) is 13.2. The van der Waals surface area contributed by atoms with Crippen LogP contribution >= 0.6 is 0 Å². The molecule has 5 aromatic carbocycles. The van der Waals surface area contributed by atoms with Gasteiger partial charge < -0.3 is 24.4 Å². The molecule has 51 heavy (non-hydrogen) atoms. The van der Waals surface area contributed by atoms with Crippen LogP contribution in [0.15, 0.2) is 132 Å². The minimum Gasteiger partial charge on any atom is -0.497 e. The van der Waals surface area contributed by atoms with E-state index in [2.05, 4.69) is 10.0 Å². The molecule has 0 heterocycles. The number of anilines is 1. The fraction of sp³-hybridized carbons (Fsp3) is 0.179. The Morgan fingerprint density at radius 1 is 0.706 bits per heavy atom. The van der Waals surface area contributed by atoms with Crippen LogP contribution in [0.3, 0.4) is 0 Å². The van der Waals surface area contributed by atoms with Crippen molar-refractivity contribution >= 4 is 27.5 Å². The van der Waals surface area contributed by atoms with Crippen molar-refractivity contribution in [3.05, 3.63) is 150 Å². The first-order chi connectivity index (χ1) is 24.6. The van der Waals surface area contributed by atoms with E-state index >= 15 is 0 Å². The van der Waals surface area contributed by atoms with Gasteiger partial charge in [0.25, 0.3) is 15.9 Å². The first kappa shape index (κ1) is 36.4. The molecule has 0 saturated heterocycles. The molecule has 2 N–H and O–H groups in total. The maximum Gasteiger partial charge on any atom is 0.261 e. The van der Waals surface area contributed by atoms with Gasteiger partial charge in [0.2, 0.25) is 5.91 Å². The van der Waals surface area contributed by atoms with Crippen molar-refractivity contribution in [1.29, 1.82) is 0 Å². The number of methoxy groups -OCH3 is 2. The van der Waals surface area contributed by atoms with Gasteiger partial charge >= 0.3 is 0 Å². The van der Waals surface area contributed by atoms with Gasteiger partial charge in [-0.3, -0.25) is 14.3 Å². The summed E-state index contributed by atoms with van der Waals surface area (Å²) in [7, 11) is -0.824. The number of halogens is 1. The zero-order chi connectivity index (χ0) is 36.2. The molecule has 0 bridgehead atoms. The zero-order valence-electron chi connectivity index (χ0n) is 28.1. The van der Waals surface area contributed by atoms with Crippen molar-refractivity contribution in [3.8, 4) is 17.2 Å². The van der Waals surface area contributed by atoms with Crippen molar-refractivity contribution < 1.29 is 36.6 Å². The molecule has 1 unspecified atom stereocenters. The van der Waals surface area contributed by atoms with Crippen LogP contribution in [0.5, 0.6) is 17.2 Å². The lowest BCUT2D eigenvalue weighted by atomic mass is 10.0. The van der Waals surface area contributed by atoms with Crippen molar-refractivity contribution in [1.82, 2.24) is 10.2 Å². The fourth-order valence-corrected chi connectivity index (χ4v) is 6.27. The van der Waals surface area contributed by atoms with Crippen LogP contribution in [-0.4, -0.2) is 52.0 Å². The lowest BCUT2D eigenvalue weighted by Crippen LogP contribution is -2.51. The molecular weight excluding hydrogens is 674 g/mol. The van der Waals surface area contributed by atoms with Crippen LogP contribution in [0.2, 0.25) is 0 Å². The summed E-state index contributed by atoms with van der Waals surface area (Å²) in [5, 5.41) is 2.99. The lowest BCUT2D eigenvalue weighted by molar-refractivity contribution is -0.142. The van der Waals surface area contributed by atoms with Crippen LogP contribution in [0.4, 0.5) is 10.1 Å². The van der Waals surface area contributed by atoms with Crippen LogP contribution in [0.25, 0.3) is 0 Å². The maximum atomic E-state index is 14.0. The largest absolute Gasteiger partial charge is 0.497 e. The number of nitrogens with one attached hydrogen (secondary N) is 2. The first-order valence-corrected chi connectivity index (χ1v) is 17.5. The van der Waals surface area contributed by atoms with Crippen molar-refractivity contribution in [2.75, 3.05) is 25.5 Å². The van der Waals surface area contributed by atoms with E-state index in [0.717, 1.165) is 28.8 Å². The average molecular weight is 712 g/mol. The predicted molar refractivity (Wildman–Crippen MR) is 191 cm³/mol. The number of carbonyl (C=O) groups excluding carboxylic acids is 2. The highest BCUT2D eigenvalue weighted by molar-refractivity contribution is 7.92. The highest BCUT2D eigenvalue weighted by Crippen LogP contribution is 2.22. The smallest absolute Gasteiger partial charge is 0.261 e. The highest BCUT2D eigenvalue weighted by atomic mass is 32.2. The number of hydrogen-bond acceptors (Lipinski definition) is 7. The Morgan fingerprint density at radius 2 is 1.27 bits per heavy atom. The predicted octanol–water partition coefficient (Wildman–Crippen LogP) is 5.98. The quantitative estimate of drug-likeness (QED) is 0.129. The molecule has 5 rings (SSSR count). The van der Waals surface area contributed by atoms with Crippen LogP contribution in [0.1, 0.15) is 16.7 Å². The second kappa shape index (κ2) is 17.2. The first-order valence-electron chi connectivity index (χ1n) is 16.0. The van der Waals surface area contributed by atoms with Gasteiger partial charge in [-0.05, 0) is 89.5 Å². The maximum absolute atomic E-state index is 14.0. The summed E-state index contributed by atoms with van der Waals surface area (Å²) < 4.78 is 57.8. The summed E-state index contributed by atoms with van der Waals surface area (Å²) in [4.78, 5) is 29.4. The molecule has 0 spiro atoms. The Labute approximate surface area is 296 Å². The zero-order valence-corrected chi connectivity index (χ0v) is 28.9. The summed E-state index contributed by atoms with van der Waals surface area (Å²) in [5.74, 6) is 0.299. The summed E-state index contributed by atoms with van der Waals surface area (Å²) >= 11 is 0. The van der Waals surface area contributed by atoms with Gasteiger partial charge in [0.1, 0.15) is 29.1 Å². The van der Waals surface area contributed by atoms with Crippen molar-refractivity contribution in [2.45, 2.75) is 30.4 Å². The molecule has 1 atom stereocenters. The number of nitrogens with zero attached hydrogens (tertiary/aromatic N) is 1. The monoisotopic (exact) mass is 711 g/mol. The summed E-state index contributed by atoms with van der Waals surface area (Å²) in [6.07, 6.45) is 0.241. The number of amides is 2. The van der Waals surface area contributed by atoms with Crippen LogP contribution < -0.4 is 24.2 Å². The van der Waals surface area contributed by atoms with Crippen molar-refractivity contribution in [2.24, 2.45) is 0 Å². The summed E-state index contributed by atoms with van der Waals surface area (Å²) in [5.41, 5.74) is 2.70. The number of sulfonamides is 1. The lowest BCUT2D eigenvalue weighted by Gasteiger charge is -2.31. The van der Waals surface area contributed by atoms with E-state index < -0.39 is 34.4 Å². The molecule has 12 heteroatoms. The number of benzene rings is 5. The molecule has 0 aliphatic carbocycles. The third-order valence-corrected chi connectivity index (χ3v) is 9.40. The Balaban J connectivity index is 1.35. The Hall–Kier alpha value is -5.88. The van der Waals surface area contributed by atoms with E-state index in [-0.39, 0.29) is 41.7 Å². The molecule has 0 aromatic heterocycles. The minimum absolute atomic E-state index is 0.0527. The van der Waals surface area contributed by atoms with E-state index in [0.29, 0.717) is 11.5 Å². The SMILES string of the molecule is COc1ccc(CNC(=O)C(Cc2ccccc2)N(Cc2ccc(OC)cc2)C(=O)COc2ccc(S(=O)(=O)Nc3ccc(F)cc3)cc2)cc1. The van der Waals surface area contributed by atoms with Gasteiger partial charge in [0.05, 0.1) is 19.1 Å². The average Bonchev–Trinajstić information content (AvgIpc) is 3.16. The Bertz CT molecular complexity index is 1990. The molecule has 5 aromatic rings. The van der Waals surface area contributed by atoms with Crippen LogP contribution in [-0.2, 0) is 39.1 Å². The molecule has 0 saturated carbocycles. The molecule has 264 valence electrons. The molecule has 0 aliphatic rings. The van der Waals surface area contributed by atoms with Gasteiger partial charge in [-0.1, -0.05) is 54.6 Å². The van der Waals surface area contributed by atoms with E-state index in [9.17, 15) is 22.4 Å². The Kier molecular flexibility index (Phi) is 12.3. The second-order valence-electron chi connectivity index (χ2n) is 11.5. The fourth-order valence-electron chi connectivity index (χ4n) is 5.21. The van der Waals surface area contributed by atoms with Gasteiger partial charge in [0.15, 0.2) is 6.61 Å². The number of rotatable bonds is 16. The highest BCUT2D eigenvalue weighted by Gasteiger charge is 2.31. The number of carbonyl (C=O) groups is 2. The van der Waals surface area contributed by atoms with E-state index in [4.69, 9.17) is 14.2 Å². The Morgan fingerprint density at radius 3 is 1.86 bits per heavy atom. The van der Waals surface area contributed by atoms with E-state index in [1.807, 2.05) is 66.7 Å². The third kappa shape index (κ3) is 10.3. The summed E-state index contributed by atoms with van der Waals surface area (Å²) in [6.45, 7) is -0.0839. The third-order valence-electron chi connectivity index (χ3n) is 8.00. The van der Waals surface area contributed by atoms with Crippen LogP contribution in [0, 0.1) is 5.82 Å². The number of ether oxygens (including phenoxy) is 3.